The zero-order valence-electron chi connectivity index (χ0n) is 10.3. The Morgan fingerprint density at radius 1 is 1.35 bits per heavy atom. The van der Waals surface area contributed by atoms with Crippen molar-refractivity contribution in [3.63, 3.8) is 0 Å². The van der Waals surface area contributed by atoms with Crippen molar-refractivity contribution in [2.75, 3.05) is 13.7 Å². The lowest BCUT2D eigenvalue weighted by atomic mass is 9.86. The van der Waals surface area contributed by atoms with E-state index in [2.05, 4.69) is 0 Å². The van der Waals surface area contributed by atoms with Gasteiger partial charge in [-0.15, -0.1) is 0 Å². The van der Waals surface area contributed by atoms with Gasteiger partial charge in [-0.25, -0.2) is 0 Å². The van der Waals surface area contributed by atoms with Gasteiger partial charge in [0.2, 0.25) is 0 Å². The van der Waals surface area contributed by atoms with Crippen molar-refractivity contribution in [1.29, 1.82) is 0 Å². The zero-order valence-corrected chi connectivity index (χ0v) is 10.3. The molecule has 1 fully saturated rings. The minimum Gasteiger partial charge on any atom is -0.494 e. The van der Waals surface area contributed by atoms with Crippen molar-refractivity contribution in [3.8, 4) is 11.5 Å². The molecule has 2 rings (SSSR count). The first-order valence-corrected chi connectivity index (χ1v) is 5.92. The molecule has 0 aromatic heterocycles. The Bertz CT molecular complexity index is 369. The lowest BCUT2D eigenvalue weighted by Crippen LogP contribution is -2.59. The summed E-state index contributed by atoms with van der Waals surface area (Å²) in [5.41, 5.74) is 5.83. The summed E-state index contributed by atoms with van der Waals surface area (Å²) >= 11 is 0. The smallest absolute Gasteiger partial charge is 0.128 e. The molecule has 0 radical (unpaired) electrons. The van der Waals surface area contributed by atoms with Crippen LogP contribution in [-0.2, 0) is 4.74 Å². The average Bonchev–Trinajstić information content (AvgIpc) is 2.30. The Kier molecular flexibility index (Phi) is 3.86. The summed E-state index contributed by atoms with van der Waals surface area (Å²) in [6.07, 6.45) is 0.870. The predicted molar refractivity (Wildman–Crippen MR) is 65.4 cm³/mol. The largest absolute Gasteiger partial charge is 0.494 e. The van der Waals surface area contributed by atoms with E-state index in [4.69, 9.17) is 19.9 Å². The summed E-state index contributed by atoms with van der Waals surface area (Å²) in [6, 6.07) is 7.72. The van der Waals surface area contributed by atoms with Crippen LogP contribution < -0.4 is 15.2 Å². The molecule has 0 heterocycles. The molecule has 17 heavy (non-hydrogen) atoms. The fraction of sp³-hybridized carbons (Fsp3) is 0.538. The molecule has 3 unspecified atom stereocenters. The van der Waals surface area contributed by atoms with E-state index in [1.165, 1.54) is 0 Å². The fourth-order valence-electron chi connectivity index (χ4n) is 2.04. The summed E-state index contributed by atoms with van der Waals surface area (Å²) in [5.74, 6) is 1.62. The average molecular weight is 237 g/mol. The molecular weight excluding hydrogens is 218 g/mol. The van der Waals surface area contributed by atoms with E-state index in [0.717, 1.165) is 17.9 Å². The van der Waals surface area contributed by atoms with E-state index in [0.29, 0.717) is 6.61 Å². The Morgan fingerprint density at radius 3 is 2.76 bits per heavy atom. The Hall–Kier alpha value is -1.26. The maximum absolute atomic E-state index is 5.83. The Morgan fingerprint density at radius 2 is 2.12 bits per heavy atom. The third-order valence-electron chi connectivity index (χ3n) is 2.97. The van der Waals surface area contributed by atoms with Crippen LogP contribution in [0, 0.1) is 0 Å². The van der Waals surface area contributed by atoms with Crippen LogP contribution in [0.4, 0.5) is 0 Å². The second kappa shape index (κ2) is 5.38. The minimum absolute atomic E-state index is 0.00857. The van der Waals surface area contributed by atoms with Crippen LogP contribution in [0.5, 0.6) is 11.5 Å². The van der Waals surface area contributed by atoms with Crippen LogP contribution in [-0.4, -0.2) is 32.0 Å². The molecule has 94 valence electrons. The molecule has 0 spiro atoms. The van der Waals surface area contributed by atoms with Crippen LogP contribution in [0.2, 0.25) is 0 Å². The number of benzene rings is 1. The topological polar surface area (TPSA) is 53.7 Å². The van der Waals surface area contributed by atoms with E-state index in [1.54, 1.807) is 7.11 Å². The summed E-state index contributed by atoms with van der Waals surface area (Å²) in [7, 11) is 1.66. The molecule has 1 aromatic rings. The van der Waals surface area contributed by atoms with Gasteiger partial charge in [0, 0.05) is 25.6 Å². The number of nitrogens with two attached hydrogens (primary N) is 1. The minimum atomic E-state index is -0.00857. The molecule has 0 saturated heterocycles. The molecule has 1 saturated carbocycles. The fourth-order valence-corrected chi connectivity index (χ4v) is 2.04. The second-order valence-electron chi connectivity index (χ2n) is 4.16. The van der Waals surface area contributed by atoms with E-state index < -0.39 is 0 Å². The van der Waals surface area contributed by atoms with Crippen molar-refractivity contribution in [2.24, 2.45) is 5.73 Å². The number of methoxy groups -OCH3 is 1. The maximum Gasteiger partial charge on any atom is 0.128 e. The molecule has 3 atom stereocenters. The van der Waals surface area contributed by atoms with Crippen molar-refractivity contribution in [1.82, 2.24) is 0 Å². The molecule has 4 nitrogen and oxygen atoms in total. The maximum atomic E-state index is 5.83. The predicted octanol–water partition coefficient (Wildman–Crippen LogP) is 1.58. The number of ether oxygens (including phenoxy) is 3. The molecule has 1 aliphatic carbocycles. The van der Waals surface area contributed by atoms with E-state index in [9.17, 15) is 0 Å². The van der Waals surface area contributed by atoms with Crippen LogP contribution >= 0.6 is 0 Å². The van der Waals surface area contributed by atoms with Gasteiger partial charge in [-0.2, -0.15) is 0 Å². The van der Waals surface area contributed by atoms with E-state index in [1.807, 2.05) is 31.2 Å². The van der Waals surface area contributed by atoms with Crippen LogP contribution in [0.15, 0.2) is 24.3 Å². The van der Waals surface area contributed by atoms with Gasteiger partial charge < -0.3 is 19.9 Å². The lowest BCUT2D eigenvalue weighted by Gasteiger charge is -2.40. The van der Waals surface area contributed by atoms with Gasteiger partial charge >= 0.3 is 0 Å². The highest BCUT2D eigenvalue weighted by Gasteiger charge is 2.40. The van der Waals surface area contributed by atoms with Crippen molar-refractivity contribution >= 4 is 0 Å². The van der Waals surface area contributed by atoms with E-state index in [-0.39, 0.29) is 18.2 Å². The highest BCUT2D eigenvalue weighted by molar-refractivity contribution is 5.33. The van der Waals surface area contributed by atoms with Gasteiger partial charge in [0.1, 0.15) is 23.7 Å². The first-order valence-electron chi connectivity index (χ1n) is 5.92. The van der Waals surface area contributed by atoms with E-state index >= 15 is 0 Å². The molecule has 4 heteroatoms. The summed E-state index contributed by atoms with van der Waals surface area (Å²) in [6.45, 7) is 2.61. The van der Waals surface area contributed by atoms with Crippen molar-refractivity contribution in [3.05, 3.63) is 24.3 Å². The highest BCUT2D eigenvalue weighted by atomic mass is 16.5. The second-order valence-corrected chi connectivity index (χ2v) is 4.16. The number of hydrogen-bond donors (Lipinski definition) is 1. The summed E-state index contributed by atoms with van der Waals surface area (Å²) in [5, 5.41) is 0. The molecule has 1 aliphatic rings. The van der Waals surface area contributed by atoms with Crippen LogP contribution in [0.25, 0.3) is 0 Å². The van der Waals surface area contributed by atoms with Gasteiger partial charge in [0.25, 0.3) is 0 Å². The van der Waals surface area contributed by atoms with Gasteiger partial charge in [0.05, 0.1) is 6.61 Å². The summed E-state index contributed by atoms with van der Waals surface area (Å²) in [4.78, 5) is 0. The summed E-state index contributed by atoms with van der Waals surface area (Å²) < 4.78 is 16.5. The SMILES string of the molecule is CCOc1cccc(OC2CC(N)C2OC)c1. The van der Waals surface area contributed by atoms with Crippen molar-refractivity contribution < 1.29 is 14.2 Å². The molecule has 1 aromatic carbocycles. The van der Waals surface area contributed by atoms with Crippen LogP contribution in [0.1, 0.15) is 13.3 Å². The van der Waals surface area contributed by atoms with Gasteiger partial charge in [-0.3, -0.25) is 0 Å². The third kappa shape index (κ3) is 2.70. The monoisotopic (exact) mass is 237 g/mol. The first-order chi connectivity index (χ1) is 8.24. The molecular formula is C13H19NO3. The molecule has 0 aliphatic heterocycles. The lowest BCUT2D eigenvalue weighted by molar-refractivity contribution is -0.0782. The Balaban J connectivity index is 1.97. The first kappa shape index (κ1) is 12.2. The third-order valence-corrected chi connectivity index (χ3v) is 2.97. The molecule has 0 amide bonds. The van der Waals surface area contributed by atoms with Crippen molar-refractivity contribution in [2.45, 2.75) is 31.6 Å². The number of hydrogen-bond acceptors (Lipinski definition) is 4. The zero-order chi connectivity index (χ0) is 12.3. The standard InChI is InChI=1S/C13H19NO3/c1-3-16-9-5-4-6-10(7-9)17-12-8-11(14)13(12)15-2/h4-7,11-13H,3,8,14H2,1-2H3. The molecule has 0 bridgehead atoms. The normalized spacial score (nSPS) is 27.4. The van der Waals surface area contributed by atoms with Gasteiger partial charge in [-0.1, -0.05) is 6.07 Å². The van der Waals surface area contributed by atoms with Gasteiger partial charge in [0.15, 0.2) is 0 Å². The quantitative estimate of drug-likeness (QED) is 0.844. The molecule has 2 N–H and O–H groups in total. The van der Waals surface area contributed by atoms with Gasteiger partial charge in [-0.05, 0) is 19.1 Å². The number of rotatable bonds is 5. The highest BCUT2D eigenvalue weighted by Crippen LogP contribution is 2.28. The Labute approximate surface area is 102 Å². The van der Waals surface area contributed by atoms with Crippen LogP contribution in [0.3, 0.4) is 0 Å².